The number of carbonyl (C=O) groups is 1. The normalized spacial score (nSPS) is 17.0. The van der Waals surface area contributed by atoms with Gasteiger partial charge in [-0.05, 0) is 44.2 Å². The lowest BCUT2D eigenvalue weighted by atomic mass is 9.94. The van der Waals surface area contributed by atoms with Gasteiger partial charge in [-0.2, -0.15) is 0 Å². The highest BCUT2D eigenvalue weighted by molar-refractivity contribution is 5.78. The first-order chi connectivity index (χ1) is 12.7. The second-order valence-electron chi connectivity index (χ2n) is 6.23. The maximum Gasteiger partial charge on any atom is 0.241 e. The summed E-state index contributed by atoms with van der Waals surface area (Å²) < 4.78 is 11.1. The van der Waals surface area contributed by atoms with Crippen LogP contribution >= 0.6 is 0 Å². The molecule has 1 aromatic heterocycles. The number of methoxy groups -OCH3 is 1. The van der Waals surface area contributed by atoms with Crippen molar-refractivity contribution in [2.75, 3.05) is 33.8 Å². The number of benzene rings is 1. The Bertz CT molecular complexity index is 736. The lowest BCUT2D eigenvalue weighted by molar-refractivity contribution is -0.131. The second kappa shape index (κ2) is 8.62. The van der Waals surface area contributed by atoms with Gasteiger partial charge >= 0.3 is 0 Å². The van der Waals surface area contributed by atoms with Gasteiger partial charge in [0.2, 0.25) is 11.8 Å². The molecule has 26 heavy (non-hydrogen) atoms. The van der Waals surface area contributed by atoms with Crippen LogP contribution < -0.4 is 14.8 Å². The smallest absolute Gasteiger partial charge is 0.241 e. The Hall–Kier alpha value is -2.67. The van der Waals surface area contributed by atoms with Gasteiger partial charge in [0.15, 0.2) is 0 Å². The number of amides is 1. The summed E-state index contributed by atoms with van der Waals surface area (Å²) in [6, 6.07) is 7.34. The van der Waals surface area contributed by atoms with E-state index in [1.807, 2.05) is 29.2 Å². The monoisotopic (exact) mass is 356 g/mol. The minimum atomic E-state index is 0.110. The molecular formula is C19H24N4O3. The largest absolute Gasteiger partial charge is 0.497 e. The molecule has 2 heterocycles. The quantitative estimate of drug-likeness (QED) is 0.855. The molecule has 1 atom stereocenters. The molecule has 1 amide bonds. The van der Waals surface area contributed by atoms with Crippen molar-refractivity contribution in [1.29, 1.82) is 0 Å². The van der Waals surface area contributed by atoms with E-state index in [1.165, 1.54) is 0 Å². The molecule has 0 spiro atoms. The van der Waals surface area contributed by atoms with Gasteiger partial charge in [0.1, 0.15) is 17.2 Å². The fraction of sp³-hybridized carbons (Fsp3) is 0.421. The molecule has 0 aliphatic carbocycles. The Labute approximate surface area is 153 Å². The summed E-state index contributed by atoms with van der Waals surface area (Å²) in [5.41, 5.74) is 0.797. The highest BCUT2D eigenvalue weighted by Gasteiger charge is 2.28. The SMILES string of the molecule is CNCC(=O)N1CCC[C@H](c2nccnc2Oc2ccc(OC)cc2)C1. The van der Waals surface area contributed by atoms with E-state index in [0.29, 0.717) is 24.7 Å². The molecule has 1 fully saturated rings. The zero-order chi connectivity index (χ0) is 18.4. The van der Waals surface area contributed by atoms with Crippen molar-refractivity contribution >= 4 is 5.91 Å². The van der Waals surface area contributed by atoms with Crippen LogP contribution in [0.2, 0.25) is 0 Å². The van der Waals surface area contributed by atoms with E-state index in [0.717, 1.165) is 30.8 Å². The van der Waals surface area contributed by atoms with Gasteiger partial charge in [-0.25, -0.2) is 4.98 Å². The summed E-state index contributed by atoms with van der Waals surface area (Å²) >= 11 is 0. The maximum absolute atomic E-state index is 12.2. The highest BCUT2D eigenvalue weighted by Crippen LogP contribution is 2.33. The molecule has 7 nitrogen and oxygen atoms in total. The third kappa shape index (κ3) is 4.29. The van der Waals surface area contributed by atoms with Crippen LogP contribution in [0, 0.1) is 0 Å². The van der Waals surface area contributed by atoms with Gasteiger partial charge in [-0.15, -0.1) is 0 Å². The van der Waals surface area contributed by atoms with Crippen molar-refractivity contribution in [1.82, 2.24) is 20.2 Å². The molecule has 1 aromatic carbocycles. The van der Waals surface area contributed by atoms with E-state index in [2.05, 4.69) is 15.3 Å². The predicted molar refractivity (Wildman–Crippen MR) is 97.6 cm³/mol. The molecular weight excluding hydrogens is 332 g/mol. The third-order valence-corrected chi connectivity index (χ3v) is 4.45. The Kier molecular flexibility index (Phi) is 6.01. The number of aromatic nitrogens is 2. The average Bonchev–Trinajstić information content (AvgIpc) is 2.69. The molecule has 0 unspecified atom stereocenters. The summed E-state index contributed by atoms with van der Waals surface area (Å²) in [4.78, 5) is 23.0. The summed E-state index contributed by atoms with van der Waals surface area (Å²) in [6.07, 6.45) is 5.19. The number of nitrogens with one attached hydrogen (secondary N) is 1. The van der Waals surface area contributed by atoms with Crippen LogP contribution in [0.1, 0.15) is 24.5 Å². The number of hydrogen-bond acceptors (Lipinski definition) is 6. The average molecular weight is 356 g/mol. The number of hydrogen-bond donors (Lipinski definition) is 1. The lowest BCUT2D eigenvalue weighted by Crippen LogP contribution is -2.43. The molecule has 0 radical (unpaired) electrons. The summed E-state index contributed by atoms with van der Waals surface area (Å²) in [5, 5.41) is 2.92. The molecule has 1 aliphatic rings. The number of likely N-dealkylation sites (N-methyl/N-ethyl adjacent to an activating group) is 1. The van der Waals surface area contributed by atoms with Crippen molar-refractivity contribution < 1.29 is 14.3 Å². The fourth-order valence-corrected chi connectivity index (χ4v) is 3.14. The van der Waals surface area contributed by atoms with E-state index < -0.39 is 0 Å². The Morgan fingerprint density at radius 1 is 1.23 bits per heavy atom. The van der Waals surface area contributed by atoms with Gasteiger partial charge in [-0.1, -0.05) is 0 Å². The zero-order valence-corrected chi connectivity index (χ0v) is 15.1. The van der Waals surface area contributed by atoms with Crippen LogP contribution in [0.4, 0.5) is 0 Å². The topological polar surface area (TPSA) is 76.6 Å². The minimum absolute atomic E-state index is 0.110. The molecule has 0 saturated carbocycles. The van der Waals surface area contributed by atoms with Gasteiger partial charge in [-0.3, -0.25) is 9.78 Å². The van der Waals surface area contributed by atoms with Crippen LogP contribution in [0.5, 0.6) is 17.4 Å². The standard InChI is InChI=1S/C19H24N4O3/c1-20-12-17(24)23-11-3-4-14(13-23)18-19(22-10-9-21-18)26-16-7-5-15(25-2)6-8-16/h5-10,14,20H,3-4,11-13H2,1-2H3/t14-/m0/s1. The highest BCUT2D eigenvalue weighted by atomic mass is 16.5. The summed E-state index contributed by atoms with van der Waals surface area (Å²) in [5.74, 6) is 2.16. The molecule has 7 heteroatoms. The van der Waals surface area contributed by atoms with Crippen molar-refractivity contribution in [2.45, 2.75) is 18.8 Å². The molecule has 2 aromatic rings. The number of piperidine rings is 1. The van der Waals surface area contributed by atoms with E-state index >= 15 is 0 Å². The first kappa shape index (κ1) is 18.1. The van der Waals surface area contributed by atoms with Crippen LogP contribution in [0.15, 0.2) is 36.7 Å². The van der Waals surface area contributed by atoms with Crippen LogP contribution in [-0.2, 0) is 4.79 Å². The van der Waals surface area contributed by atoms with Crippen molar-refractivity contribution in [2.24, 2.45) is 0 Å². The Morgan fingerprint density at radius 3 is 2.69 bits per heavy atom. The molecule has 3 rings (SSSR count). The summed E-state index contributed by atoms with van der Waals surface area (Å²) in [6.45, 7) is 1.77. The molecule has 1 N–H and O–H groups in total. The van der Waals surface area contributed by atoms with Crippen LogP contribution in [-0.4, -0.2) is 54.6 Å². The lowest BCUT2D eigenvalue weighted by Gasteiger charge is -2.32. The first-order valence-electron chi connectivity index (χ1n) is 8.76. The van der Waals surface area contributed by atoms with Crippen LogP contribution in [0.3, 0.4) is 0 Å². The van der Waals surface area contributed by atoms with Crippen molar-refractivity contribution in [3.05, 3.63) is 42.4 Å². The van der Waals surface area contributed by atoms with Gasteiger partial charge in [0.05, 0.1) is 13.7 Å². The van der Waals surface area contributed by atoms with Crippen molar-refractivity contribution in [3.63, 3.8) is 0 Å². The van der Waals surface area contributed by atoms with E-state index in [-0.39, 0.29) is 11.8 Å². The van der Waals surface area contributed by atoms with E-state index in [1.54, 1.807) is 26.6 Å². The minimum Gasteiger partial charge on any atom is -0.497 e. The van der Waals surface area contributed by atoms with E-state index in [4.69, 9.17) is 9.47 Å². The first-order valence-corrected chi connectivity index (χ1v) is 8.76. The number of nitrogens with zero attached hydrogens (tertiary/aromatic N) is 3. The molecule has 1 saturated heterocycles. The summed E-state index contributed by atoms with van der Waals surface area (Å²) in [7, 11) is 3.41. The number of carbonyl (C=O) groups excluding carboxylic acids is 1. The molecule has 0 bridgehead atoms. The van der Waals surface area contributed by atoms with Crippen LogP contribution in [0.25, 0.3) is 0 Å². The molecule has 138 valence electrons. The molecule has 1 aliphatic heterocycles. The Balaban J connectivity index is 1.76. The van der Waals surface area contributed by atoms with E-state index in [9.17, 15) is 4.79 Å². The third-order valence-electron chi connectivity index (χ3n) is 4.45. The number of rotatable bonds is 6. The zero-order valence-electron chi connectivity index (χ0n) is 15.1. The van der Waals surface area contributed by atoms with Gasteiger partial charge < -0.3 is 19.7 Å². The second-order valence-corrected chi connectivity index (χ2v) is 6.23. The Morgan fingerprint density at radius 2 is 1.96 bits per heavy atom. The maximum atomic E-state index is 12.2. The number of ether oxygens (including phenoxy) is 2. The van der Waals surface area contributed by atoms with Crippen molar-refractivity contribution in [3.8, 4) is 17.4 Å². The number of likely N-dealkylation sites (tertiary alicyclic amines) is 1. The van der Waals surface area contributed by atoms with Gasteiger partial charge in [0.25, 0.3) is 0 Å². The van der Waals surface area contributed by atoms with Gasteiger partial charge in [0, 0.05) is 31.4 Å². The fourth-order valence-electron chi connectivity index (χ4n) is 3.14. The predicted octanol–water partition coefficient (Wildman–Crippen LogP) is 2.20.